The molecule has 9 nitrogen and oxygen atoms in total. The molecule has 0 amide bonds. The molecule has 0 radical (unpaired) electrons. The summed E-state index contributed by atoms with van der Waals surface area (Å²) in [5, 5.41) is 16.9. The molecule has 0 aliphatic carbocycles. The fraction of sp³-hybridized carbons (Fsp3) is 0.500. The largest absolute Gasteiger partial charge is 0.352 e. The molecular weight excluding hydrogens is 294 g/mol. The molecule has 0 bridgehead atoms. The van der Waals surface area contributed by atoms with Gasteiger partial charge in [-0.15, -0.1) is 15.3 Å². The summed E-state index contributed by atoms with van der Waals surface area (Å²) in [6.45, 7) is 5.69. The minimum Gasteiger partial charge on any atom is -0.352 e. The van der Waals surface area contributed by atoms with Gasteiger partial charge in [0.05, 0.1) is 6.54 Å². The minimum absolute atomic E-state index is 0.540. The maximum Gasteiger partial charge on any atom is 0.178 e. The van der Waals surface area contributed by atoms with Crippen molar-refractivity contribution in [1.29, 1.82) is 0 Å². The third-order valence-corrected chi connectivity index (χ3v) is 4.36. The maximum absolute atomic E-state index is 4.61. The summed E-state index contributed by atoms with van der Waals surface area (Å²) in [4.78, 5) is 8.60. The van der Waals surface area contributed by atoms with Crippen molar-refractivity contribution in [2.75, 3.05) is 31.6 Å². The lowest BCUT2D eigenvalue weighted by Gasteiger charge is -2.44. The first-order valence-electron chi connectivity index (χ1n) is 7.67. The van der Waals surface area contributed by atoms with E-state index in [9.17, 15) is 0 Å². The Balaban J connectivity index is 1.35. The lowest BCUT2D eigenvalue weighted by atomic mass is 10.1. The average molecular weight is 313 g/mol. The molecular formula is C14H19N9. The second kappa shape index (κ2) is 5.58. The van der Waals surface area contributed by atoms with Gasteiger partial charge in [0, 0.05) is 25.7 Å². The van der Waals surface area contributed by atoms with E-state index in [1.54, 1.807) is 17.2 Å². The van der Waals surface area contributed by atoms with Crippen molar-refractivity contribution < 1.29 is 0 Å². The zero-order valence-corrected chi connectivity index (χ0v) is 13.2. The highest BCUT2D eigenvalue weighted by Crippen LogP contribution is 2.21. The van der Waals surface area contributed by atoms with Gasteiger partial charge >= 0.3 is 0 Å². The molecule has 0 N–H and O–H groups in total. The van der Waals surface area contributed by atoms with Crippen molar-refractivity contribution >= 4 is 11.5 Å². The van der Waals surface area contributed by atoms with Crippen molar-refractivity contribution in [3.63, 3.8) is 0 Å². The Kier molecular flexibility index (Phi) is 3.41. The predicted molar refractivity (Wildman–Crippen MR) is 84.2 cm³/mol. The van der Waals surface area contributed by atoms with E-state index in [1.807, 2.05) is 23.7 Å². The topological polar surface area (TPSA) is 80.3 Å². The van der Waals surface area contributed by atoms with Crippen LogP contribution in [0, 0.1) is 6.92 Å². The van der Waals surface area contributed by atoms with E-state index in [1.165, 1.54) is 0 Å². The molecule has 0 aromatic carbocycles. The SMILES string of the molecule is Cc1nnc2ccc(N3CC(N(C)CCn4cncn4)C3)nn12. The number of hydrogen-bond acceptors (Lipinski definition) is 7. The van der Waals surface area contributed by atoms with Crippen LogP contribution >= 0.6 is 0 Å². The summed E-state index contributed by atoms with van der Waals surface area (Å²) in [5.74, 6) is 1.78. The zero-order chi connectivity index (χ0) is 15.8. The second-order valence-corrected chi connectivity index (χ2v) is 5.91. The summed E-state index contributed by atoms with van der Waals surface area (Å²) in [7, 11) is 2.15. The van der Waals surface area contributed by atoms with Gasteiger partial charge in [-0.25, -0.2) is 4.98 Å². The quantitative estimate of drug-likeness (QED) is 0.648. The van der Waals surface area contributed by atoms with E-state index in [2.05, 4.69) is 42.2 Å². The maximum atomic E-state index is 4.61. The van der Waals surface area contributed by atoms with Crippen LogP contribution in [0.2, 0.25) is 0 Å². The van der Waals surface area contributed by atoms with Crippen LogP contribution in [-0.4, -0.2) is 72.2 Å². The van der Waals surface area contributed by atoms with Gasteiger partial charge in [0.15, 0.2) is 11.5 Å². The van der Waals surface area contributed by atoms with Gasteiger partial charge in [0.2, 0.25) is 0 Å². The van der Waals surface area contributed by atoms with E-state index in [-0.39, 0.29) is 0 Å². The van der Waals surface area contributed by atoms with Crippen molar-refractivity contribution in [1.82, 2.24) is 39.5 Å². The number of anilines is 1. The summed E-state index contributed by atoms with van der Waals surface area (Å²) in [5.41, 5.74) is 0.785. The van der Waals surface area contributed by atoms with Crippen LogP contribution in [0.5, 0.6) is 0 Å². The van der Waals surface area contributed by atoms with Crippen molar-refractivity contribution in [3.05, 3.63) is 30.6 Å². The van der Waals surface area contributed by atoms with E-state index in [4.69, 9.17) is 0 Å². The molecule has 3 aromatic rings. The van der Waals surface area contributed by atoms with E-state index >= 15 is 0 Å². The van der Waals surface area contributed by atoms with Crippen LogP contribution in [0.3, 0.4) is 0 Å². The van der Waals surface area contributed by atoms with Crippen LogP contribution < -0.4 is 4.90 Å². The highest BCUT2D eigenvalue weighted by atomic mass is 15.4. The number of aryl methyl sites for hydroxylation is 1. The van der Waals surface area contributed by atoms with Crippen LogP contribution in [-0.2, 0) is 6.54 Å². The summed E-state index contributed by atoms with van der Waals surface area (Å²) in [6, 6.07) is 4.51. The number of aromatic nitrogens is 7. The molecule has 9 heteroatoms. The lowest BCUT2D eigenvalue weighted by Crippen LogP contribution is -2.59. The second-order valence-electron chi connectivity index (χ2n) is 5.91. The first-order valence-corrected chi connectivity index (χ1v) is 7.67. The molecule has 0 unspecified atom stereocenters. The molecule has 1 aliphatic heterocycles. The van der Waals surface area contributed by atoms with Crippen LogP contribution in [0.4, 0.5) is 5.82 Å². The molecule has 120 valence electrons. The molecule has 1 aliphatic rings. The molecule has 0 saturated carbocycles. The first-order chi connectivity index (χ1) is 11.2. The Bertz CT molecular complexity index is 788. The van der Waals surface area contributed by atoms with Crippen molar-refractivity contribution in [2.45, 2.75) is 19.5 Å². The van der Waals surface area contributed by atoms with Gasteiger partial charge in [-0.3, -0.25) is 9.58 Å². The van der Waals surface area contributed by atoms with Gasteiger partial charge in [-0.2, -0.15) is 9.61 Å². The number of nitrogens with zero attached hydrogens (tertiary/aromatic N) is 9. The average Bonchev–Trinajstić information content (AvgIpc) is 3.14. The smallest absolute Gasteiger partial charge is 0.178 e. The molecule has 4 heterocycles. The lowest BCUT2D eigenvalue weighted by molar-refractivity contribution is 0.195. The fourth-order valence-corrected chi connectivity index (χ4v) is 2.77. The van der Waals surface area contributed by atoms with E-state index < -0.39 is 0 Å². The monoisotopic (exact) mass is 313 g/mol. The van der Waals surface area contributed by atoms with Crippen molar-refractivity contribution in [3.8, 4) is 0 Å². The Hall–Kier alpha value is -2.55. The third kappa shape index (κ3) is 2.63. The van der Waals surface area contributed by atoms with Crippen LogP contribution in [0.1, 0.15) is 5.82 Å². The van der Waals surface area contributed by atoms with Gasteiger partial charge in [0.1, 0.15) is 18.5 Å². The Morgan fingerprint density at radius 2 is 2.13 bits per heavy atom. The molecule has 0 atom stereocenters. The number of hydrogen-bond donors (Lipinski definition) is 0. The van der Waals surface area contributed by atoms with Crippen LogP contribution in [0.25, 0.3) is 5.65 Å². The molecule has 4 rings (SSSR count). The molecule has 1 fully saturated rings. The van der Waals surface area contributed by atoms with E-state index in [0.29, 0.717) is 6.04 Å². The summed E-state index contributed by atoms with van der Waals surface area (Å²) >= 11 is 0. The number of rotatable bonds is 5. The predicted octanol–water partition coefficient (Wildman–Crippen LogP) is -0.155. The Labute approximate surface area is 133 Å². The standard InChI is InChI=1S/C14H19N9/c1-11-17-18-13-3-4-14(19-23(11)13)21-7-12(8-21)20(2)5-6-22-10-15-9-16-22/h3-4,9-10,12H,5-8H2,1-2H3. The van der Waals surface area contributed by atoms with Gasteiger partial charge in [0.25, 0.3) is 0 Å². The van der Waals surface area contributed by atoms with Crippen LogP contribution in [0.15, 0.2) is 24.8 Å². The highest BCUT2D eigenvalue weighted by molar-refractivity contribution is 5.47. The molecule has 0 spiro atoms. The van der Waals surface area contributed by atoms with E-state index in [0.717, 1.165) is 43.5 Å². The number of fused-ring (bicyclic) bond motifs is 1. The van der Waals surface area contributed by atoms with Gasteiger partial charge < -0.3 is 4.90 Å². The minimum atomic E-state index is 0.540. The first kappa shape index (κ1) is 14.1. The number of likely N-dealkylation sites (N-methyl/N-ethyl adjacent to an activating group) is 1. The summed E-state index contributed by atoms with van der Waals surface area (Å²) in [6.07, 6.45) is 3.32. The molecule has 3 aromatic heterocycles. The Morgan fingerprint density at radius 3 is 2.91 bits per heavy atom. The third-order valence-electron chi connectivity index (χ3n) is 4.36. The zero-order valence-electron chi connectivity index (χ0n) is 13.2. The van der Waals surface area contributed by atoms with Crippen molar-refractivity contribution in [2.24, 2.45) is 0 Å². The van der Waals surface area contributed by atoms with Gasteiger partial charge in [-0.1, -0.05) is 0 Å². The fourth-order valence-electron chi connectivity index (χ4n) is 2.77. The molecule has 1 saturated heterocycles. The Morgan fingerprint density at radius 1 is 1.26 bits per heavy atom. The summed E-state index contributed by atoms with van der Waals surface area (Å²) < 4.78 is 3.65. The normalized spacial score (nSPS) is 15.5. The van der Waals surface area contributed by atoms with Gasteiger partial charge in [-0.05, 0) is 26.1 Å². The highest BCUT2D eigenvalue weighted by Gasteiger charge is 2.31. The molecule has 23 heavy (non-hydrogen) atoms.